The molecule has 0 bridgehead atoms. The van der Waals surface area contributed by atoms with Gasteiger partial charge in [0.25, 0.3) is 0 Å². The highest BCUT2D eigenvalue weighted by Crippen LogP contribution is 2.18. The van der Waals surface area contributed by atoms with Gasteiger partial charge in [-0.05, 0) is 37.9 Å². The molecule has 0 spiro atoms. The van der Waals surface area contributed by atoms with Crippen LogP contribution in [0, 0.1) is 6.92 Å². The minimum atomic E-state index is -0.846. The van der Waals surface area contributed by atoms with Crippen LogP contribution in [0.4, 0.5) is 5.69 Å². The van der Waals surface area contributed by atoms with Gasteiger partial charge in [0, 0.05) is 5.69 Å². The van der Waals surface area contributed by atoms with Gasteiger partial charge in [-0.15, -0.1) is 0 Å². The number of hydrogen-bond donors (Lipinski definition) is 2. The molecule has 1 aromatic rings. The maximum absolute atomic E-state index is 11.9. The van der Waals surface area contributed by atoms with Crippen molar-refractivity contribution in [1.82, 2.24) is 4.90 Å². The van der Waals surface area contributed by atoms with Crippen LogP contribution in [-0.4, -0.2) is 41.0 Å². The number of carboxylic acid groups (broad SMARTS) is 1. The largest absolute Gasteiger partial charge is 0.480 e. The van der Waals surface area contributed by atoms with E-state index in [0.717, 1.165) is 17.7 Å². The lowest BCUT2D eigenvalue weighted by Crippen LogP contribution is -2.40. The molecule has 1 fully saturated rings. The Bertz CT molecular complexity index is 487. The van der Waals surface area contributed by atoms with Crippen LogP contribution in [0.25, 0.3) is 0 Å². The number of aryl methyl sites for hydroxylation is 1. The summed E-state index contributed by atoms with van der Waals surface area (Å²) in [5.41, 5.74) is 1.77. The smallest absolute Gasteiger partial charge is 0.320 e. The van der Waals surface area contributed by atoms with Crippen LogP contribution in [0.2, 0.25) is 0 Å². The van der Waals surface area contributed by atoms with Gasteiger partial charge in [0.2, 0.25) is 5.91 Å². The number of hydrogen-bond acceptors (Lipinski definition) is 3. The van der Waals surface area contributed by atoms with E-state index in [1.807, 2.05) is 31.2 Å². The minimum absolute atomic E-state index is 0.130. The summed E-state index contributed by atoms with van der Waals surface area (Å²) in [7, 11) is 0. The van der Waals surface area contributed by atoms with Crippen molar-refractivity contribution in [2.24, 2.45) is 0 Å². The molecule has 1 saturated heterocycles. The molecule has 0 radical (unpaired) electrons. The lowest BCUT2D eigenvalue weighted by Gasteiger charge is -2.20. The zero-order chi connectivity index (χ0) is 13.8. The summed E-state index contributed by atoms with van der Waals surface area (Å²) < 4.78 is 0. The Morgan fingerprint density at radius 2 is 2.16 bits per heavy atom. The van der Waals surface area contributed by atoms with Gasteiger partial charge in [0.05, 0.1) is 6.54 Å². The van der Waals surface area contributed by atoms with Crippen molar-refractivity contribution < 1.29 is 14.7 Å². The molecule has 1 heterocycles. The summed E-state index contributed by atoms with van der Waals surface area (Å²) in [6.45, 7) is 2.72. The minimum Gasteiger partial charge on any atom is -0.480 e. The third-order valence-electron chi connectivity index (χ3n) is 3.41. The number of nitrogens with zero attached hydrogens (tertiary/aromatic N) is 1. The highest BCUT2D eigenvalue weighted by atomic mass is 16.4. The molecule has 0 aromatic heterocycles. The van der Waals surface area contributed by atoms with Gasteiger partial charge < -0.3 is 10.4 Å². The number of nitrogens with one attached hydrogen (secondary N) is 1. The summed E-state index contributed by atoms with van der Waals surface area (Å²) in [4.78, 5) is 24.7. The summed E-state index contributed by atoms with van der Waals surface area (Å²) in [6.07, 6.45) is 1.45. The Morgan fingerprint density at radius 1 is 1.42 bits per heavy atom. The maximum Gasteiger partial charge on any atom is 0.320 e. The van der Waals surface area contributed by atoms with E-state index in [4.69, 9.17) is 5.11 Å². The third-order valence-corrected chi connectivity index (χ3v) is 3.41. The van der Waals surface area contributed by atoms with Crippen LogP contribution in [0.15, 0.2) is 24.3 Å². The van der Waals surface area contributed by atoms with Gasteiger partial charge in [-0.3, -0.25) is 14.5 Å². The van der Waals surface area contributed by atoms with E-state index in [-0.39, 0.29) is 12.5 Å². The number of aliphatic carboxylic acids is 1. The molecule has 5 nitrogen and oxygen atoms in total. The molecule has 2 N–H and O–H groups in total. The number of carboxylic acids is 1. The van der Waals surface area contributed by atoms with E-state index in [2.05, 4.69) is 5.32 Å². The fourth-order valence-electron chi connectivity index (χ4n) is 2.38. The monoisotopic (exact) mass is 262 g/mol. The summed E-state index contributed by atoms with van der Waals surface area (Å²) in [5, 5.41) is 11.9. The summed E-state index contributed by atoms with van der Waals surface area (Å²) in [6, 6.07) is 7.00. The molecule has 0 aliphatic carbocycles. The zero-order valence-corrected chi connectivity index (χ0v) is 10.9. The topological polar surface area (TPSA) is 69.6 Å². The number of benzene rings is 1. The first-order valence-electron chi connectivity index (χ1n) is 6.40. The number of anilines is 1. The summed E-state index contributed by atoms with van der Waals surface area (Å²) >= 11 is 0. The van der Waals surface area contributed by atoms with E-state index in [1.165, 1.54) is 0 Å². The van der Waals surface area contributed by atoms with E-state index >= 15 is 0 Å². The number of likely N-dealkylation sites (tertiary alicyclic amines) is 1. The van der Waals surface area contributed by atoms with E-state index < -0.39 is 12.0 Å². The van der Waals surface area contributed by atoms with E-state index in [9.17, 15) is 9.59 Å². The number of carbonyl (C=O) groups excluding carboxylic acids is 1. The van der Waals surface area contributed by atoms with Gasteiger partial charge in [0.15, 0.2) is 0 Å². The first-order valence-corrected chi connectivity index (χ1v) is 6.40. The quantitative estimate of drug-likeness (QED) is 0.862. The highest BCUT2D eigenvalue weighted by molar-refractivity contribution is 5.93. The van der Waals surface area contributed by atoms with Crippen LogP contribution in [0.5, 0.6) is 0 Å². The molecule has 1 aromatic carbocycles. The fraction of sp³-hybridized carbons (Fsp3) is 0.429. The van der Waals surface area contributed by atoms with Gasteiger partial charge in [0.1, 0.15) is 6.04 Å². The highest BCUT2D eigenvalue weighted by Gasteiger charge is 2.31. The molecule has 2 rings (SSSR count). The molecule has 102 valence electrons. The van der Waals surface area contributed by atoms with Crippen molar-refractivity contribution in [2.45, 2.75) is 25.8 Å². The average Bonchev–Trinajstić information content (AvgIpc) is 2.80. The van der Waals surface area contributed by atoms with Crippen molar-refractivity contribution in [1.29, 1.82) is 0 Å². The lowest BCUT2D eigenvalue weighted by atomic mass is 10.2. The molecule has 0 unspecified atom stereocenters. The molecule has 1 atom stereocenters. The zero-order valence-electron chi connectivity index (χ0n) is 10.9. The van der Waals surface area contributed by atoms with Crippen LogP contribution in [-0.2, 0) is 9.59 Å². The number of amides is 1. The Kier molecular flexibility index (Phi) is 4.16. The van der Waals surface area contributed by atoms with E-state index in [1.54, 1.807) is 4.90 Å². The fourth-order valence-corrected chi connectivity index (χ4v) is 2.38. The first kappa shape index (κ1) is 13.5. The molecular formula is C14H18N2O3. The van der Waals surface area contributed by atoms with Gasteiger partial charge in [-0.1, -0.05) is 18.2 Å². The van der Waals surface area contributed by atoms with Crippen LogP contribution in [0.3, 0.4) is 0 Å². The first-order chi connectivity index (χ1) is 9.08. The number of carbonyl (C=O) groups is 2. The van der Waals surface area contributed by atoms with Crippen molar-refractivity contribution in [3.05, 3.63) is 29.8 Å². The Labute approximate surface area is 112 Å². The predicted molar refractivity (Wildman–Crippen MR) is 72.0 cm³/mol. The molecule has 1 aliphatic heterocycles. The second-order valence-electron chi connectivity index (χ2n) is 4.83. The van der Waals surface area contributed by atoms with Crippen LogP contribution < -0.4 is 5.32 Å². The Morgan fingerprint density at radius 3 is 2.84 bits per heavy atom. The third kappa shape index (κ3) is 3.32. The SMILES string of the molecule is Cc1ccccc1NC(=O)CN1CCC[C@H]1C(=O)O. The lowest BCUT2D eigenvalue weighted by molar-refractivity contribution is -0.142. The van der Waals surface area contributed by atoms with Crippen molar-refractivity contribution in [3.63, 3.8) is 0 Å². The molecule has 5 heteroatoms. The molecule has 0 saturated carbocycles. The molecule has 19 heavy (non-hydrogen) atoms. The normalized spacial score (nSPS) is 19.3. The number of para-hydroxylation sites is 1. The average molecular weight is 262 g/mol. The van der Waals surface area contributed by atoms with E-state index in [0.29, 0.717) is 13.0 Å². The van der Waals surface area contributed by atoms with Gasteiger partial charge in [-0.2, -0.15) is 0 Å². The van der Waals surface area contributed by atoms with Crippen molar-refractivity contribution in [2.75, 3.05) is 18.4 Å². The standard InChI is InChI=1S/C14H18N2O3/c1-10-5-2-3-6-11(10)15-13(17)9-16-8-4-7-12(16)14(18)19/h2-3,5-6,12H,4,7-9H2,1H3,(H,15,17)(H,18,19)/t12-/m0/s1. The van der Waals surface area contributed by atoms with Crippen molar-refractivity contribution in [3.8, 4) is 0 Å². The van der Waals surface area contributed by atoms with Crippen molar-refractivity contribution >= 4 is 17.6 Å². The Hall–Kier alpha value is -1.88. The maximum atomic E-state index is 11.9. The predicted octanol–water partition coefficient (Wildman–Crippen LogP) is 1.48. The van der Waals surface area contributed by atoms with Gasteiger partial charge in [-0.25, -0.2) is 0 Å². The van der Waals surface area contributed by atoms with Crippen LogP contribution in [0.1, 0.15) is 18.4 Å². The molecule has 1 aliphatic rings. The second kappa shape index (κ2) is 5.84. The molecule has 1 amide bonds. The van der Waals surface area contributed by atoms with Crippen LogP contribution >= 0.6 is 0 Å². The summed E-state index contributed by atoms with van der Waals surface area (Å²) in [5.74, 6) is -1.01. The molecular weight excluding hydrogens is 244 g/mol. The number of rotatable bonds is 4. The Balaban J connectivity index is 1.95. The second-order valence-corrected chi connectivity index (χ2v) is 4.83. The van der Waals surface area contributed by atoms with Gasteiger partial charge >= 0.3 is 5.97 Å².